The molecule has 6 heteroatoms. The number of anilines is 1. The highest BCUT2D eigenvalue weighted by atomic mass is 32.2. The number of nitrogens with one attached hydrogen (secondary N) is 2. The van der Waals surface area contributed by atoms with Crippen molar-refractivity contribution in [3.05, 3.63) is 59.9 Å². The second-order valence-electron chi connectivity index (χ2n) is 5.76. The van der Waals surface area contributed by atoms with Gasteiger partial charge in [0.05, 0.1) is 5.75 Å². The van der Waals surface area contributed by atoms with Gasteiger partial charge in [-0.3, -0.25) is 9.71 Å². The maximum Gasteiger partial charge on any atom is 0.232 e. The first kappa shape index (κ1) is 18.4. The lowest BCUT2D eigenvalue weighted by Gasteiger charge is -2.23. The minimum absolute atomic E-state index is 0.0663. The van der Waals surface area contributed by atoms with Crippen LogP contribution in [0, 0.1) is 0 Å². The predicted octanol–water partition coefficient (Wildman–Crippen LogP) is 3.65. The lowest BCUT2D eigenvalue weighted by molar-refractivity contribution is 0.456. The van der Waals surface area contributed by atoms with Crippen molar-refractivity contribution in [1.29, 1.82) is 0 Å². The van der Waals surface area contributed by atoms with Crippen LogP contribution in [0.2, 0.25) is 0 Å². The summed E-state index contributed by atoms with van der Waals surface area (Å²) in [6, 6.07) is 11.9. The zero-order valence-electron chi connectivity index (χ0n) is 14.4. The Kier molecular flexibility index (Phi) is 6.34. The number of rotatable bonds is 8. The Balaban J connectivity index is 2.05. The summed E-state index contributed by atoms with van der Waals surface area (Å²) >= 11 is 0. The molecule has 2 aromatic rings. The van der Waals surface area contributed by atoms with E-state index >= 15 is 0 Å². The molecule has 2 unspecified atom stereocenters. The molecular weight excluding hydrogens is 322 g/mol. The van der Waals surface area contributed by atoms with Gasteiger partial charge in [-0.25, -0.2) is 8.42 Å². The first-order valence-corrected chi connectivity index (χ1v) is 9.86. The second kappa shape index (κ2) is 8.26. The summed E-state index contributed by atoms with van der Waals surface area (Å²) < 4.78 is 25.8. The van der Waals surface area contributed by atoms with E-state index in [1.807, 2.05) is 24.3 Å². The number of hydrogen-bond acceptors (Lipinski definition) is 4. The highest BCUT2D eigenvalue weighted by Gasteiger charge is 2.14. The Morgan fingerprint density at radius 2 is 1.62 bits per heavy atom. The van der Waals surface area contributed by atoms with E-state index in [4.69, 9.17) is 0 Å². The van der Waals surface area contributed by atoms with E-state index in [1.165, 1.54) is 5.56 Å². The van der Waals surface area contributed by atoms with Crippen LogP contribution in [0.5, 0.6) is 0 Å². The summed E-state index contributed by atoms with van der Waals surface area (Å²) in [4.78, 5) is 4.06. The van der Waals surface area contributed by atoms with Crippen molar-refractivity contribution in [2.45, 2.75) is 39.3 Å². The summed E-state index contributed by atoms with van der Waals surface area (Å²) in [5.41, 5.74) is 2.92. The minimum Gasteiger partial charge on any atom is -0.303 e. The highest BCUT2D eigenvalue weighted by Crippen LogP contribution is 2.23. The third-order valence-corrected chi connectivity index (χ3v) is 5.34. The lowest BCUT2D eigenvalue weighted by atomic mass is 10.0. The standard InChI is InChI=1S/C18H25N3O2S/c1-4-18(16-10-12-19-13-11-16)20-14(3)15-6-8-17(9-7-15)21-24(22,23)5-2/h6-14,18,20-21H,4-5H2,1-3H3. The second-order valence-corrected chi connectivity index (χ2v) is 7.77. The van der Waals surface area contributed by atoms with Gasteiger partial charge in [-0.1, -0.05) is 19.1 Å². The van der Waals surface area contributed by atoms with Crippen LogP contribution in [-0.2, 0) is 10.0 Å². The maximum absolute atomic E-state index is 11.6. The molecule has 1 aromatic carbocycles. The zero-order valence-corrected chi connectivity index (χ0v) is 15.2. The third kappa shape index (κ3) is 5.04. The molecule has 0 radical (unpaired) electrons. The van der Waals surface area contributed by atoms with Crippen LogP contribution in [0.25, 0.3) is 0 Å². The molecule has 0 bridgehead atoms. The summed E-state index contributed by atoms with van der Waals surface area (Å²) in [7, 11) is -3.24. The highest BCUT2D eigenvalue weighted by molar-refractivity contribution is 7.92. The van der Waals surface area contributed by atoms with Crippen LogP contribution < -0.4 is 10.0 Å². The molecule has 0 saturated carbocycles. The molecule has 0 fully saturated rings. The largest absolute Gasteiger partial charge is 0.303 e. The number of pyridine rings is 1. The average molecular weight is 347 g/mol. The first-order valence-electron chi connectivity index (χ1n) is 8.21. The number of sulfonamides is 1. The Hall–Kier alpha value is -1.92. The van der Waals surface area contributed by atoms with E-state index < -0.39 is 10.0 Å². The van der Waals surface area contributed by atoms with Crippen molar-refractivity contribution in [3.63, 3.8) is 0 Å². The number of nitrogens with zero attached hydrogens (tertiary/aromatic N) is 1. The molecule has 2 rings (SSSR count). The van der Waals surface area contributed by atoms with Crippen LogP contribution in [0.3, 0.4) is 0 Å². The van der Waals surface area contributed by atoms with Crippen molar-refractivity contribution in [1.82, 2.24) is 10.3 Å². The summed E-state index contributed by atoms with van der Waals surface area (Å²) in [6.45, 7) is 5.87. The van der Waals surface area contributed by atoms with Crippen molar-refractivity contribution >= 4 is 15.7 Å². The molecule has 0 aliphatic rings. The fraction of sp³-hybridized carbons (Fsp3) is 0.389. The van der Waals surface area contributed by atoms with Gasteiger partial charge in [-0.2, -0.15) is 0 Å². The van der Waals surface area contributed by atoms with E-state index in [-0.39, 0.29) is 17.8 Å². The van der Waals surface area contributed by atoms with Gasteiger partial charge >= 0.3 is 0 Å². The van der Waals surface area contributed by atoms with E-state index in [0.29, 0.717) is 5.69 Å². The van der Waals surface area contributed by atoms with Gasteiger partial charge in [0.15, 0.2) is 0 Å². The molecule has 24 heavy (non-hydrogen) atoms. The average Bonchev–Trinajstić information content (AvgIpc) is 2.60. The monoisotopic (exact) mass is 347 g/mol. The summed E-state index contributed by atoms with van der Waals surface area (Å²) in [5, 5.41) is 3.61. The lowest BCUT2D eigenvalue weighted by Crippen LogP contribution is -2.24. The van der Waals surface area contributed by atoms with Crippen LogP contribution in [0.1, 0.15) is 50.4 Å². The summed E-state index contributed by atoms with van der Waals surface area (Å²) in [6.07, 6.45) is 4.58. The van der Waals surface area contributed by atoms with Gasteiger partial charge in [0.1, 0.15) is 0 Å². The summed E-state index contributed by atoms with van der Waals surface area (Å²) in [5.74, 6) is 0.0663. The SMILES string of the molecule is CCC(NC(C)c1ccc(NS(=O)(=O)CC)cc1)c1ccncc1. The Morgan fingerprint density at radius 1 is 1.00 bits per heavy atom. The van der Waals surface area contributed by atoms with Crippen LogP contribution in [0.15, 0.2) is 48.8 Å². The predicted molar refractivity (Wildman–Crippen MR) is 98.3 cm³/mol. The number of aromatic nitrogens is 1. The van der Waals surface area contributed by atoms with Crippen LogP contribution >= 0.6 is 0 Å². The Morgan fingerprint density at radius 3 is 2.17 bits per heavy atom. The van der Waals surface area contributed by atoms with Gasteiger partial charge in [0.25, 0.3) is 0 Å². The number of benzene rings is 1. The molecule has 0 aliphatic carbocycles. The third-order valence-electron chi connectivity index (χ3n) is 4.03. The molecule has 1 heterocycles. The number of hydrogen-bond donors (Lipinski definition) is 2. The molecule has 2 N–H and O–H groups in total. The van der Waals surface area contributed by atoms with Crippen LogP contribution in [-0.4, -0.2) is 19.2 Å². The molecule has 0 amide bonds. The smallest absolute Gasteiger partial charge is 0.232 e. The van der Waals surface area contributed by atoms with Gasteiger partial charge in [0, 0.05) is 30.2 Å². The van der Waals surface area contributed by atoms with Gasteiger partial charge in [-0.15, -0.1) is 0 Å². The Labute approximate surface area is 144 Å². The minimum atomic E-state index is -3.24. The molecular formula is C18H25N3O2S. The molecule has 2 atom stereocenters. The van der Waals surface area contributed by atoms with Crippen molar-refractivity contribution < 1.29 is 8.42 Å². The molecule has 130 valence electrons. The molecule has 0 aliphatic heterocycles. The first-order chi connectivity index (χ1) is 11.4. The molecule has 0 spiro atoms. The van der Waals surface area contributed by atoms with E-state index in [9.17, 15) is 8.42 Å². The molecule has 0 saturated heterocycles. The van der Waals surface area contributed by atoms with E-state index in [1.54, 1.807) is 31.5 Å². The van der Waals surface area contributed by atoms with Crippen molar-refractivity contribution in [2.24, 2.45) is 0 Å². The van der Waals surface area contributed by atoms with Crippen molar-refractivity contribution in [3.8, 4) is 0 Å². The normalized spacial score (nSPS) is 14.1. The van der Waals surface area contributed by atoms with E-state index in [0.717, 1.165) is 12.0 Å². The van der Waals surface area contributed by atoms with Gasteiger partial charge in [0.2, 0.25) is 10.0 Å². The Bertz CT molecular complexity index is 731. The van der Waals surface area contributed by atoms with Crippen LogP contribution in [0.4, 0.5) is 5.69 Å². The van der Waals surface area contributed by atoms with E-state index in [2.05, 4.69) is 28.9 Å². The molecule has 1 aromatic heterocycles. The topological polar surface area (TPSA) is 71.1 Å². The zero-order chi connectivity index (χ0) is 17.6. The van der Waals surface area contributed by atoms with Gasteiger partial charge in [-0.05, 0) is 55.7 Å². The quantitative estimate of drug-likeness (QED) is 0.765. The van der Waals surface area contributed by atoms with Gasteiger partial charge < -0.3 is 5.32 Å². The maximum atomic E-state index is 11.6. The van der Waals surface area contributed by atoms with Crippen molar-refractivity contribution in [2.75, 3.05) is 10.5 Å². The fourth-order valence-corrected chi connectivity index (χ4v) is 3.17. The molecule has 5 nitrogen and oxygen atoms in total. The fourth-order valence-electron chi connectivity index (χ4n) is 2.54.